The summed E-state index contributed by atoms with van der Waals surface area (Å²) in [6.45, 7) is -0.477. The number of benzene rings is 2. The van der Waals surface area contributed by atoms with Gasteiger partial charge >= 0.3 is 0 Å². The van der Waals surface area contributed by atoms with Crippen LogP contribution in [0.15, 0.2) is 40.3 Å². The molecule has 0 aliphatic carbocycles. The zero-order valence-corrected chi connectivity index (χ0v) is 20.1. The first-order valence-electron chi connectivity index (χ1n) is 9.52. The maximum atomic E-state index is 12.9. The Labute approximate surface area is 192 Å². The molecular weight excluding hydrogens is 454 g/mol. The highest BCUT2D eigenvalue weighted by Crippen LogP contribution is 2.37. The molecule has 180 valence electrons. The van der Waals surface area contributed by atoms with Crippen molar-refractivity contribution in [3.05, 3.63) is 35.9 Å². The second-order valence-corrected chi connectivity index (χ2v) is 8.54. The zero-order valence-electron chi connectivity index (χ0n) is 19.2. The van der Waals surface area contributed by atoms with E-state index in [2.05, 4.69) is 10.5 Å². The topological polar surface area (TPSA) is 125 Å². The Kier molecular flexibility index (Phi) is 8.88. The number of nitrogens with zero attached hydrogens (tertiary/aromatic N) is 2. The molecule has 0 aliphatic heterocycles. The van der Waals surface area contributed by atoms with Crippen LogP contribution < -0.4 is 29.1 Å². The highest BCUT2D eigenvalue weighted by Gasteiger charge is 2.27. The molecule has 1 N–H and O–H groups in total. The molecule has 0 atom stereocenters. The molecule has 0 aliphatic rings. The lowest BCUT2D eigenvalue weighted by Crippen LogP contribution is -2.36. The summed E-state index contributed by atoms with van der Waals surface area (Å²) in [4.78, 5) is 12.2. The van der Waals surface area contributed by atoms with Gasteiger partial charge in [0.25, 0.3) is 5.91 Å². The number of methoxy groups -OCH3 is 5. The number of sulfonamides is 1. The van der Waals surface area contributed by atoms with E-state index in [0.717, 1.165) is 4.31 Å². The van der Waals surface area contributed by atoms with Gasteiger partial charge in [-0.15, -0.1) is 0 Å². The second kappa shape index (κ2) is 11.4. The van der Waals surface area contributed by atoms with Crippen molar-refractivity contribution < 1.29 is 36.9 Å². The summed E-state index contributed by atoms with van der Waals surface area (Å²) in [6.07, 6.45) is 1.36. The van der Waals surface area contributed by atoms with Crippen LogP contribution in [0.3, 0.4) is 0 Å². The Morgan fingerprint density at radius 3 is 2.06 bits per heavy atom. The number of hydrogen-bond acceptors (Lipinski definition) is 9. The van der Waals surface area contributed by atoms with E-state index in [-0.39, 0.29) is 10.6 Å². The van der Waals surface area contributed by atoms with E-state index in [9.17, 15) is 13.2 Å². The van der Waals surface area contributed by atoms with E-state index in [1.54, 1.807) is 18.2 Å². The molecule has 0 radical (unpaired) electrons. The molecule has 2 aromatic carbocycles. The number of nitrogens with one attached hydrogen (secondary N) is 1. The van der Waals surface area contributed by atoms with Crippen LogP contribution in [0.1, 0.15) is 5.56 Å². The summed E-state index contributed by atoms with van der Waals surface area (Å²) >= 11 is 0. The van der Waals surface area contributed by atoms with Crippen molar-refractivity contribution in [2.75, 3.05) is 49.1 Å². The van der Waals surface area contributed by atoms with Gasteiger partial charge in [0.2, 0.25) is 15.8 Å². The molecule has 12 heteroatoms. The highest BCUT2D eigenvalue weighted by atomic mass is 32.2. The van der Waals surface area contributed by atoms with E-state index < -0.39 is 22.5 Å². The minimum absolute atomic E-state index is 0.124. The van der Waals surface area contributed by atoms with Crippen molar-refractivity contribution in [3.63, 3.8) is 0 Å². The average Bonchev–Trinajstić information content (AvgIpc) is 2.82. The van der Waals surface area contributed by atoms with Crippen molar-refractivity contribution >= 4 is 22.1 Å². The van der Waals surface area contributed by atoms with Gasteiger partial charge in [-0.05, 0) is 24.3 Å². The fourth-order valence-corrected chi connectivity index (χ4v) is 4.12. The fourth-order valence-electron chi connectivity index (χ4n) is 2.83. The molecule has 1 amide bonds. The van der Waals surface area contributed by atoms with Gasteiger partial charge in [0.15, 0.2) is 11.5 Å². The third-order valence-electron chi connectivity index (χ3n) is 4.52. The maximum absolute atomic E-state index is 12.9. The first kappa shape index (κ1) is 25.7. The van der Waals surface area contributed by atoms with Crippen LogP contribution in [0.5, 0.6) is 28.7 Å². The molecule has 0 spiro atoms. The number of hydrogen-bond donors (Lipinski definition) is 1. The summed E-state index contributed by atoms with van der Waals surface area (Å²) in [7, 11) is 4.45. The molecule has 11 nitrogen and oxygen atoms in total. The van der Waals surface area contributed by atoms with Crippen LogP contribution >= 0.6 is 0 Å². The Morgan fingerprint density at radius 1 is 0.939 bits per heavy atom. The van der Waals surface area contributed by atoms with Gasteiger partial charge in [0.1, 0.15) is 16.4 Å². The zero-order chi connectivity index (χ0) is 24.6. The molecule has 0 heterocycles. The normalized spacial score (nSPS) is 11.4. The predicted octanol–water partition coefficient (Wildman–Crippen LogP) is 1.50. The third-order valence-corrected chi connectivity index (χ3v) is 6.34. The van der Waals surface area contributed by atoms with Crippen LogP contribution in [0.2, 0.25) is 0 Å². The number of carbonyl (C=O) groups is 1. The van der Waals surface area contributed by atoms with Crippen molar-refractivity contribution in [2.45, 2.75) is 4.90 Å². The molecule has 2 rings (SSSR count). The Morgan fingerprint density at radius 2 is 1.55 bits per heavy atom. The molecule has 0 unspecified atom stereocenters. The second-order valence-electron chi connectivity index (χ2n) is 6.53. The van der Waals surface area contributed by atoms with Crippen LogP contribution in [0.4, 0.5) is 0 Å². The number of likely N-dealkylation sites (N-methyl/N-ethyl adjacent to an activating group) is 1. The Bertz CT molecular complexity index is 1090. The first-order chi connectivity index (χ1) is 15.7. The van der Waals surface area contributed by atoms with Crippen molar-refractivity contribution in [1.82, 2.24) is 9.73 Å². The highest BCUT2D eigenvalue weighted by molar-refractivity contribution is 7.89. The third kappa shape index (κ3) is 6.05. The van der Waals surface area contributed by atoms with E-state index in [0.29, 0.717) is 28.6 Å². The van der Waals surface area contributed by atoms with Gasteiger partial charge in [-0.2, -0.15) is 9.41 Å². The summed E-state index contributed by atoms with van der Waals surface area (Å²) in [5.41, 5.74) is 2.86. The van der Waals surface area contributed by atoms with Crippen molar-refractivity contribution in [1.29, 1.82) is 0 Å². The van der Waals surface area contributed by atoms with Gasteiger partial charge in [0, 0.05) is 18.7 Å². The summed E-state index contributed by atoms with van der Waals surface area (Å²) in [6, 6.07) is 7.65. The molecule has 0 aromatic heterocycles. The van der Waals surface area contributed by atoms with Crippen LogP contribution in [-0.4, -0.2) is 74.0 Å². The van der Waals surface area contributed by atoms with E-state index in [1.807, 2.05) is 0 Å². The molecule has 33 heavy (non-hydrogen) atoms. The molecule has 2 aromatic rings. The lowest BCUT2D eigenvalue weighted by molar-refractivity contribution is -0.121. The van der Waals surface area contributed by atoms with Crippen molar-refractivity contribution in [2.24, 2.45) is 5.10 Å². The molecular formula is C21H27N3O8S. The van der Waals surface area contributed by atoms with E-state index >= 15 is 0 Å². The Hall–Kier alpha value is -3.51. The van der Waals surface area contributed by atoms with Gasteiger partial charge in [0.05, 0.1) is 48.3 Å². The predicted molar refractivity (Wildman–Crippen MR) is 121 cm³/mol. The van der Waals surface area contributed by atoms with Crippen molar-refractivity contribution in [3.8, 4) is 28.7 Å². The minimum atomic E-state index is -4.04. The lowest BCUT2D eigenvalue weighted by atomic mass is 10.2. The molecule has 0 saturated heterocycles. The smallest absolute Gasteiger partial charge is 0.255 e. The maximum Gasteiger partial charge on any atom is 0.255 e. The lowest BCUT2D eigenvalue weighted by Gasteiger charge is -2.18. The minimum Gasteiger partial charge on any atom is -0.497 e. The number of hydrazone groups is 1. The van der Waals surface area contributed by atoms with Gasteiger partial charge < -0.3 is 23.7 Å². The van der Waals surface area contributed by atoms with Crippen LogP contribution in [-0.2, 0) is 14.8 Å². The van der Waals surface area contributed by atoms with E-state index in [1.165, 1.54) is 60.9 Å². The Balaban J connectivity index is 2.13. The van der Waals surface area contributed by atoms with Crippen LogP contribution in [0.25, 0.3) is 0 Å². The molecule has 0 bridgehead atoms. The monoisotopic (exact) mass is 481 g/mol. The average molecular weight is 482 g/mol. The summed E-state index contributed by atoms with van der Waals surface area (Å²) in [5, 5.41) is 3.87. The first-order valence-corrected chi connectivity index (χ1v) is 11.0. The standard InChI is InChI=1S/C21H27N3O8S/c1-24(33(26,27)19-11-15(28-2)7-8-16(19)29-3)13-20(25)23-22-12-14-9-17(30-4)21(32-6)18(10-14)31-5/h7-12H,13H2,1-6H3,(H,23,25)/b22-12-. The number of ether oxygens (including phenoxy) is 5. The number of rotatable bonds is 11. The van der Waals surface area contributed by atoms with Gasteiger partial charge in [-0.1, -0.05) is 0 Å². The molecule has 0 saturated carbocycles. The molecule has 0 fully saturated rings. The fraction of sp³-hybridized carbons (Fsp3) is 0.333. The number of carbonyl (C=O) groups excluding carboxylic acids is 1. The van der Waals surface area contributed by atoms with Gasteiger partial charge in [-0.3, -0.25) is 4.79 Å². The largest absolute Gasteiger partial charge is 0.497 e. The summed E-state index contributed by atoms with van der Waals surface area (Å²) < 4.78 is 52.8. The quantitative estimate of drug-likeness (QED) is 0.378. The van der Waals surface area contributed by atoms with E-state index in [4.69, 9.17) is 23.7 Å². The number of amides is 1. The van der Waals surface area contributed by atoms with Gasteiger partial charge in [-0.25, -0.2) is 13.8 Å². The SMILES string of the molecule is COc1ccc(OC)c(S(=O)(=O)N(C)CC(=O)N/N=C\c2cc(OC)c(OC)c(OC)c2)c1. The summed E-state index contributed by atoms with van der Waals surface area (Å²) in [5.74, 6) is 1.07. The van der Waals surface area contributed by atoms with Crippen LogP contribution in [0, 0.1) is 0 Å².